The Kier molecular flexibility index (Phi) is 6.50. The third kappa shape index (κ3) is 4.63. The van der Waals surface area contributed by atoms with E-state index >= 15 is 0 Å². The molecule has 0 saturated heterocycles. The van der Waals surface area contributed by atoms with E-state index in [0.717, 1.165) is 16.2 Å². The lowest BCUT2D eigenvalue weighted by Gasteiger charge is -2.22. The predicted octanol–water partition coefficient (Wildman–Crippen LogP) is 4.51. The monoisotopic (exact) mass is 468 g/mol. The van der Waals surface area contributed by atoms with Gasteiger partial charge >= 0.3 is 5.97 Å². The van der Waals surface area contributed by atoms with E-state index in [0.29, 0.717) is 35.0 Å². The smallest absolute Gasteiger partial charge is 0.342 e. The lowest BCUT2D eigenvalue weighted by Crippen LogP contribution is -2.31. The quantitative estimate of drug-likeness (QED) is 0.474. The number of ether oxygens (including phenoxy) is 3. The van der Waals surface area contributed by atoms with Crippen molar-refractivity contribution in [2.24, 2.45) is 5.10 Å². The standard InChI is InChI=1S/C24H24N2O6S/c1-14-10-17(15(2)32-14)24(28)31-13-23(27)26-19(12-18(25-26)22-6-5-9-33-22)16-7-8-20(29-3)21(11-16)30-4/h5-11,19H,12-13H2,1-4H3. The summed E-state index contributed by atoms with van der Waals surface area (Å²) in [6.07, 6.45) is 0.524. The van der Waals surface area contributed by atoms with Crippen LogP contribution >= 0.6 is 11.3 Å². The van der Waals surface area contributed by atoms with Gasteiger partial charge in [-0.15, -0.1) is 11.3 Å². The largest absolute Gasteiger partial charge is 0.493 e. The van der Waals surface area contributed by atoms with Gasteiger partial charge in [0.25, 0.3) is 5.91 Å². The van der Waals surface area contributed by atoms with Crippen LogP contribution in [-0.4, -0.2) is 43.4 Å². The summed E-state index contributed by atoms with van der Waals surface area (Å²) in [7, 11) is 3.13. The van der Waals surface area contributed by atoms with Gasteiger partial charge in [-0.05, 0) is 49.1 Å². The number of carbonyl (C=O) groups is 2. The molecule has 9 heteroatoms. The zero-order valence-corrected chi connectivity index (χ0v) is 19.6. The number of hydrogen-bond donors (Lipinski definition) is 0. The van der Waals surface area contributed by atoms with Gasteiger partial charge in [-0.1, -0.05) is 12.1 Å². The van der Waals surface area contributed by atoms with E-state index in [1.807, 2.05) is 29.6 Å². The van der Waals surface area contributed by atoms with Crippen LogP contribution in [-0.2, 0) is 9.53 Å². The number of hydrazone groups is 1. The van der Waals surface area contributed by atoms with Crippen molar-refractivity contribution in [2.45, 2.75) is 26.3 Å². The summed E-state index contributed by atoms with van der Waals surface area (Å²) in [4.78, 5) is 26.5. The van der Waals surface area contributed by atoms with Crippen LogP contribution in [0.25, 0.3) is 0 Å². The molecular weight excluding hydrogens is 444 g/mol. The molecule has 1 atom stereocenters. The number of hydrogen-bond acceptors (Lipinski definition) is 8. The van der Waals surface area contributed by atoms with Crippen molar-refractivity contribution < 1.29 is 28.2 Å². The summed E-state index contributed by atoms with van der Waals surface area (Å²) in [5.74, 6) is 1.17. The molecule has 8 nitrogen and oxygen atoms in total. The fourth-order valence-electron chi connectivity index (χ4n) is 3.76. The first-order chi connectivity index (χ1) is 15.9. The van der Waals surface area contributed by atoms with Gasteiger partial charge < -0.3 is 18.6 Å². The Morgan fingerprint density at radius 3 is 2.58 bits per heavy atom. The van der Waals surface area contributed by atoms with Crippen molar-refractivity contribution in [3.05, 3.63) is 69.3 Å². The molecule has 0 N–H and O–H groups in total. The van der Waals surface area contributed by atoms with Crippen LogP contribution in [0.5, 0.6) is 11.5 Å². The number of rotatable bonds is 7. The Bertz CT molecular complexity index is 1200. The number of furan rings is 1. The summed E-state index contributed by atoms with van der Waals surface area (Å²) in [6.45, 7) is 2.98. The molecule has 1 aromatic carbocycles. The fraction of sp³-hybridized carbons (Fsp3) is 0.292. The van der Waals surface area contributed by atoms with Crippen LogP contribution in [0.1, 0.15) is 44.8 Å². The maximum atomic E-state index is 13.1. The average molecular weight is 469 g/mol. The second-order valence-electron chi connectivity index (χ2n) is 7.50. The lowest BCUT2D eigenvalue weighted by atomic mass is 10.0. The summed E-state index contributed by atoms with van der Waals surface area (Å²) in [6, 6.07) is 10.6. The van der Waals surface area contributed by atoms with Crippen molar-refractivity contribution >= 4 is 28.9 Å². The number of esters is 1. The van der Waals surface area contributed by atoms with E-state index in [2.05, 4.69) is 5.10 Å². The van der Waals surface area contributed by atoms with Crippen LogP contribution in [0.3, 0.4) is 0 Å². The Morgan fingerprint density at radius 2 is 1.94 bits per heavy atom. The minimum atomic E-state index is -0.609. The number of aryl methyl sites for hydroxylation is 2. The van der Waals surface area contributed by atoms with Crippen molar-refractivity contribution in [2.75, 3.05) is 20.8 Å². The van der Waals surface area contributed by atoms with Gasteiger partial charge in [-0.2, -0.15) is 5.10 Å². The molecule has 172 valence electrons. The van der Waals surface area contributed by atoms with Crippen molar-refractivity contribution in [1.82, 2.24) is 5.01 Å². The van der Waals surface area contributed by atoms with Crippen LogP contribution in [0.2, 0.25) is 0 Å². The lowest BCUT2D eigenvalue weighted by molar-refractivity contribution is -0.136. The Labute approximate surface area is 195 Å². The molecule has 0 spiro atoms. The Morgan fingerprint density at radius 1 is 1.15 bits per heavy atom. The predicted molar refractivity (Wildman–Crippen MR) is 123 cm³/mol. The van der Waals surface area contributed by atoms with E-state index in [9.17, 15) is 9.59 Å². The zero-order valence-electron chi connectivity index (χ0n) is 18.8. The van der Waals surface area contributed by atoms with Crippen LogP contribution in [0.4, 0.5) is 0 Å². The van der Waals surface area contributed by atoms with E-state index in [1.54, 1.807) is 51.5 Å². The minimum Gasteiger partial charge on any atom is -0.493 e. The number of nitrogens with zero attached hydrogens (tertiary/aromatic N) is 2. The van der Waals surface area contributed by atoms with Crippen molar-refractivity contribution in [3.8, 4) is 11.5 Å². The normalized spacial score (nSPS) is 15.3. The molecule has 1 amide bonds. The molecule has 0 fully saturated rings. The maximum absolute atomic E-state index is 13.1. The SMILES string of the molecule is COc1ccc(C2CC(c3cccs3)=NN2C(=O)COC(=O)c2cc(C)oc2C)cc1OC. The second-order valence-corrected chi connectivity index (χ2v) is 8.45. The second kappa shape index (κ2) is 9.50. The number of thiophene rings is 1. The number of carbonyl (C=O) groups excluding carboxylic acids is 2. The summed E-state index contributed by atoms with van der Waals surface area (Å²) < 4.78 is 21.4. The van der Waals surface area contributed by atoms with Gasteiger partial charge in [0.1, 0.15) is 17.1 Å². The molecule has 4 rings (SSSR count). The Balaban J connectivity index is 1.57. The van der Waals surface area contributed by atoms with E-state index in [-0.39, 0.29) is 6.04 Å². The van der Waals surface area contributed by atoms with Crippen LogP contribution in [0, 0.1) is 13.8 Å². The van der Waals surface area contributed by atoms with Gasteiger partial charge in [0.05, 0.1) is 30.9 Å². The summed E-state index contributed by atoms with van der Waals surface area (Å²) in [5.41, 5.74) is 1.94. The molecule has 0 saturated carbocycles. The van der Waals surface area contributed by atoms with E-state index in [4.69, 9.17) is 18.6 Å². The van der Waals surface area contributed by atoms with Gasteiger partial charge in [-0.25, -0.2) is 9.80 Å². The first-order valence-corrected chi connectivity index (χ1v) is 11.2. The van der Waals surface area contributed by atoms with Crippen LogP contribution in [0.15, 0.2) is 51.3 Å². The van der Waals surface area contributed by atoms with Crippen molar-refractivity contribution in [3.63, 3.8) is 0 Å². The highest BCUT2D eigenvalue weighted by atomic mass is 32.1. The zero-order chi connectivity index (χ0) is 23.5. The number of amides is 1. The Hall–Kier alpha value is -3.59. The average Bonchev–Trinajstić information content (AvgIpc) is 3.56. The third-order valence-corrected chi connectivity index (χ3v) is 6.27. The molecule has 1 aliphatic rings. The molecule has 3 heterocycles. The molecule has 2 aromatic heterocycles. The maximum Gasteiger partial charge on any atom is 0.342 e. The summed E-state index contributed by atoms with van der Waals surface area (Å²) >= 11 is 1.56. The molecular formula is C24H24N2O6S. The molecule has 1 aliphatic heterocycles. The van der Waals surface area contributed by atoms with Gasteiger partial charge in [-0.3, -0.25) is 4.79 Å². The number of benzene rings is 1. The molecule has 0 aliphatic carbocycles. The molecule has 33 heavy (non-hydrogen) atoms. The van der Waals surface area contributed by atoms with Crippen LogP contribution < -0.4 is 9.47 Å². The molecule has 1 unspecified atom stereocenters. The molecule has 0 bridgehead atoms. The molecule has 0 radical (unpaired) electrons. The first-order valence-electron chi connectivity index (χ1n) is 10.3. The van der Waals surface area contributed by atoms with Gasteiger partial charge in [0.2, 0.25) is 0 Å². The topological polar surface area (TPSA) is 90.6 Å². The highest BCUT2D eigenvalue weighted by Crippen LogP contribution is 2.37. The van der Waals surface area contributed by atoms with E-state index < -0.39 is 18.5 Å². The third-order valence-electron chi connectivity index (χ3n) is 5.35. The van der Waals surface area contributed by atoms with E-state index in [1.165, 1.54) is 5.01 Å². The number of methoxy groups -OCH3 is 2. The molecule has 3 aromatic rings. The highest BCUT2D eigenvalue weighted by Gasteiger charge is 2.34. The summed E-state index contributed by atoms with van der Waals surface area (Å²) in [5, 5.41) is 7.94. The minimum absolute atomic E-state index is 0.306. The first kappa shape index (κ1) is 22.6. The fourth-order valence-corrected chi connectivity index (χ4v) is 4.48. The van der Waals surface area contributed by atoms with Gasteiger partial charge in [0, 0.05) is 6.42 Å². The highest BCUT2D eigenvalue weighted by molar-refractivity contribution is 7.12. The van der Waals surface area contributed by atoms with Crippen molar-refractivity contribution in [1.29, 1.82) is 0 Å². The van der Waals surface area contributed by atoms with Gasteiger partial charge in [0.15, 0.2) is 18.1 Å².